The molecule has 0 unspecified atom stereocenters. The highest BCUT2D eigenvalue weighted by Crippen LogP contribution is 2.19. The van der Waals surface area contributed by atoms with Crippen LogP contribution in [0.4, 0.5) is 5.69 Å². The molecule has 0 saturated carbocycles. The summed E-state index contributed by atoms with van der Waals surface area (Å²) in [6.45, 7) is 3.84. The van der Waals surface area contributed by atoms with Gasteiger partial charge in [0.25, 0.3) is 0 Å². The predicted octanol–water partition coefficient (Wildman–Crippen LogP) is 2.00. The Balaban J connectivity index is 2.40. The van der Waals surface area contributed by atoms with Crippen molar-refractivity contribution in [2.75, 3.05) is 37.5 Å². The second kappa shape index (κ2) is 9.97. The molecule has 0 aliphatic carbocycles. The summed E-state index contributed by atoms with van der Waals surface area (Å²) in [5.41, 5.74) is 2.75. The number of ether oxygens (including phenoxy) is 1. The molecule has 7 heteroatoms. The lowest BCUT2D eigenvalue weighted by Gasteiger charge is -2.18. The summed E-state index contributed by atoms with van der Waals surface area (Å²) in [5, 5.41) is 2.85. The molecule has 1 rings (SSSR count). The Bertz CT molecular complexity index is 584. The van der Waals surface area contributed by atoms with Gasteiger partial charge in [-0.25, -0.2) is 0 Å². The van der Waals surface area contributed by atoms with Crippen molar-refractivity contribution in [2.45, 2.75) is 20.3 Å². The summed E-state index contributed by atoms with van der Waals surface area (Å²) in [7, 11) is 2.92. The Morgan fingerprint density at radius 1 is 1.21 bits per heavy atom. The molecule has 0 radical (unpaired) electrons. The van der Waals surface area contributed by atoms with Crippen LogP contribution < -0.4 is 5.32 Å². The summed E-state index contributed by atoms with van der Waals surface area (Å²) in [6, 6.07) is 5.78. The largest absolute Gasteiger partial charge is 0.469 e. The monoisotopic (exact) mass is 352 g/mol. The minimum atomic E-state index is -0.295. The van der Waals surface area contributed by atoms with Crippen molar-refractivity contribution in [3.05, 3.63) is 29.3 Å². The highest BCUT2D eigenvalue weighted by atomic mass is 32.2. The van der Waals surface area contributed by atoms with Crippen molar-refractivity contribution in [2.24, 2.45) is 0 Å². The third kappa shape index (κ3) is 6.62. The first kappa shape index (κ1) is 20.0. The number of benzene rings is 1. The van der Waals surface area contributed by atoms with Crippen molar-refractivity contribution in [1.82, 2.24) is 4.90 Å². The zero-order chi connectivity index (χ0) is 18.1. The molecule has 132 valence electrons. The minimum Gasteiger partial charge on any atom is -0.469 e. The standard InChI is InChI=1S/C17H24N2O4S/c1-12-6-5-7-13(2)17(12)18-14(20)10-19(3)15(21)11-24-9-8-16(22)23-4/h5-7H,8-11H2,1-4H3,(H,18,20). The van der Waals surface area contributed by atoms with Gasteiger partial charge in [-0.05, 0) is 25.0 Å². The van der Waals surface area contributed by atoms with Gasteiger partial charge in [0.1, 0.15) is 0 Å². The van der Waals surface area contributed by atoms with Crippen LogP contribution >= 0.6 is 11.8 Å². The number of anilines is 1. The zero-order valence-corrected chi connectivity index (χ0v) is 15.4. The maximum absolute atomic E-state index is 12.1. The molecule has 0 heterocycles. The van der Waals surface area contributed by atoms with Gasteiger partial charge in [0.15, 0.2) is 0 Å². The topological polar surface area (TPSA) is 75.7 Å². The Morgan fingerprint density at radius 3 is 2.42 bits per heavy atom. The highest BCUT2D eigenvalue weighted by molar-refractivity contribution is 7.99. The van der Waals surface area contributed by atoms with Crippen LogP contribution in [-0.4, -0.2) is 54.9 Å². The van der Waals surface area contributed by atoms with Crippen LogP contribution in [0.25, 0.3) is 0 Å². The molecule has 0 aliphatic heterocycles. The van der Waals surface area contributed by atoms with E-state index in [0.29, 0.717) is 5.75 Å². The maximum Gasteiger partial charge on any atom is 0.306 e. The summed E-state index contributed by atoms with van der Waals surface area (Å²) in [5.74, 6) is 0.0611. The number of hydrogen-bond donors (Lipinski definition) is 1. The fourth-order valence-corrected chi connectivity index (χ4v) is 2.87. The van der Waals surface area contributed by atoms with E-state index in [1.807, 2.05) is 32.0 Å². The predicted molar refractivity (Wildman–Crippen MR) is 96.1 cm³/mol. The van der Waals surface area contributed by atoms with Gasteiger partial charge in [0.2, 0.25) is 11.8 Å². The number of nitrogens with one attached hydrogen (secondary N) is 1. The van der Waals surface area contributed by atoms with Crippen LogP contribution in [0.3, 0.4) is 0 Å². The summed E-state index contributed by atoms with van der Waals surface area (Å²) < 4.78 is 4.53. The van der Waals surface area contributed by atoms with E-state index >= 15 is 0 Å². The number of thioether (sulfide) groups is 1. The van der Waals surface area contributed by atoms with Gasteiger partial charge in [-0.1, -0.05) is 18.2 Å². The molecule has 0 atom stereocenters. The molecule has 1 aromatic carbocycles. The Hall–Kier alpha value is -2.02. The number of rotatable bonds is 8. The first-order valence-corrected chi connectivity index (χ1v) is 8.75. The summed E-state index contributed by atoms with van der Waals surface area (Å²) in [6.07, 6.45) is 0.269. The lowest BCUT2D eigenvalue weighted by Crippen LogP contribution is -2.36. The Labute approximate surface area is 146 Å². The van der Waals surface area contributed by atoms with Crippen LogP contribution in [0.2, 0.25) is 0 Å². The number of esters is 1. The van der Waals surface area contributed by atoms with Crippen LogP contribution in [0, 0.1) is 13.8 Å². The molecule has 0 fully saturated rings. The van der Waals surface area contributed by atoms with Gasteiger partial charge in [-0.15, -0.1) is 0 Å². The molecule has 6 nitrogen and oxygen atoms in total. The van der Waals surface area contributed by atoms with Gasteiger partial charge >= 0.3 is 5.97 Å². The average Bonchev–Trinajstić information content (AvgIpc) is 2.54. The number of amides is 2. The lowest BCUT2D eigenvalue weighted by molar-refractivity contribution is -0.140. The molecule has 1 N–H and O–H groups in total. The second-order valence-corrected chi connectivity index (χ2v) is 6.55. The fourth-order valence-electron chi connectivity index (χ4n) is 2.02. The minimum absolute atomic E-state index is 0.00975. The van der Waals surface area contributed by atoms with E-state index in [4.69, 9.17) is 0 Å². The lowest BCUT2D eigenvalue weighted by atomic mass is 10.1. The van der Waals surface area contributed by atoms with Crippen molar-refractivity contribution in [1.29, 1.82) is 0 Å². The number of methoxy groups -OCH3 is 1. The van der Waals surface area contributed by atoms with Gasteiger partial charge < -0.3 is 15.0 Å². The van der Waals surface area contributed by atoms with E-state index in [2.05, 4.69) is 10.1 Å². The zero-order valence-electron chi connectivity index (χ0n) is 14.5. The SMILES string of the molecule is COC(=O)CCSCC(=O)N(C)CC(=O)Nc1c(C)cccc1C. The molecule has 0 bridgehead atoms. The third-order valence-corrected chi connectivity index (χ3v) is 4.40. The molecule has 1 aromatic rings. The number of aryl methyl sites for hydroxylation is 2. The molecule has 0 aliphatic rings. The van der Waals surface area contributed by atoms with Crippen LogP contribution in [0.1, 0.15) is 17.5 Å². The van der Waals surface area contributed by atoms with E-state index in [9.17, 15) is 14.4 Å². The Kier molecular flexibility index (Phi) is 8.32. The van der Waals surface area contributed by atoms with Crippen LogP contribution in [0.5, 0.6) is 0 Å². The number of carbonyl (C=O) groups excluding carboxylic acids is 3. The average molecular weight is 352 g/mol. The van der Waals surface area contributed by atoms with Crippen LogP contribution in [-0.2, 0) is 19.1 Å². The first-order chi connectivity index (χ1) is 11.3. The number of nitrogens with zero attached hydrogens (tertiary/aromatic N) is 1. The molecule has 0 spiro atoms. The smallest absolute Gasteiger partial charge is 0.306 e. The quantitative estimate of drug-likeness (QED) is 0.572. The van der Waals surface area contributed by atoms with E-state index < -0.39 is 0 Å². The van der Waals surface area contributed by atoms with Crippen molar-refractivity contribution in [3.63, 3.8) is 0 Å². The molecule has 0 aromatic heterocycles. The number of carbonyl (C=O) groups is 3. The second-order valence-electron chi connectivity index (χ2n) is 5.44. The molecule has 24 heavy (non-hydrogen) atoms. The van der Waals surface area contributed by atoms with Crippen LogP contribution in [0.15, 0.2) is 18.2 Å². The summed E-state index contributed by atoms with van der Waals surface area (Å²) in [4.78, 5) is 36.5. The summed E-state index contributed by atoms with van der Waals surface area (Å²) >= 11 is 1.35. The van der Waals surface area contributed by atoms with E-state index in [0.717, 1.165) is 16.8 Å². The van der Waals surface area contributed by atoms with E-state index in [-0.39, 0.29) is 36.5 Å². The normalized spacial score (nSPS) is 10.2. The van der Waals surface area contributed by atoms with Crippen molar-refractivity contribution in [3.8, 4) is 0 Å². The highest BCUT2D eigenvalue weighted by Gasteiger charge is 2.14. The van der Waals surface area contributed by atoms with Crippen molar-refractivity contribution >= 4 is 35.2 Å². The number of likely N-dealkylation sites (N-methyl/N-ethyl adjacent to an activating group) is 1. The molecule has 0 saturated heterocycles. The van der Waals surface area contributed by atoms with Gasteiger partial charge in [0.05, 0.1) is 25.8 Å². The fraction of sp³-hybridized carbons (Fsp3) is 0.471. The number of hydrogen-bond acceptors (Lipinski definition) is 5. The molecular formula is C17H24N2O4S. The van der Waals surface area contributed by atoms with E-state index in [1.165, 1.54) is 23.8 Å². The number of para-hydroxylation sites is 1. The first-order valence-electron chi connectivity index (χ1n) is 7.59. The molecule has 2 amide bonds. The van der Waals surface area contributed by atoms with E-state index in [1.54, 1.807) is 7.05 Å². The van der Waals surface area contributed by atoms with Crippen molar-refractivity contribution < 1.29 is 19.1 Å². The third-order valence-electron chi connectivity index (χ3n) is 3.46. The Morgan fingerprint density at radius 2 is 1.83 bits per heavy atom. The molecular weight excluding hydrogens is 328 g/mol. The maximum atomic E-state index is 12.1. The van der Waals surface area contributed by atoms with Gasteiger partial charge in [-0.3, -0.25) is 14.4 Å². The van der Waals surface area contributed by atoms with Gasteiger partial charge in [0, 0.05) is 18.5 Å². The van der Waals surface area contributed by atoms with Gasteiger partial charge in [-0.2, -0.15) is 11.8 Å².